The molecule has 3 heteroatoms. The molecule has 0 amide bonds. The van der Waals surface area contributed by atoms with Crippen LogP contribution in [0.15, 0.2) is 11.6 Å². The highest BCUT2D eigenvalue weighted by Gasteiger charge is 2.66. The van der Waals surface area contributed by atoms with Crippen molar-refractivity contribution < 1.29 is 15.0 Å². The van der Waals surface area contributed by atoms with Crippen LogP contribution in [0.25, 0.3) is 0 Å². The molecule has 100 valence electrons. The van der Waals surface area contributed by atoms with Gasteiger partial charge < -0.3 is 15.0 Å². The van der Waals surface area contributed by atoms with E-state index < -0.39 is 11.5 Å². The Morgan fingerprint density at radius 1 is 1.39 bits per heavy atom. The van der Waals surface area contributed by atoms with Gasteiger partial charge in [-0.05, 0) is 30.1 Å². The zero-order valence-electron chi connectivity index (χ0n) is 11.3. The summed E-state index contributed by atoms with van der Waals surface area (Å²) in [5.74, 6) is 0.410. The van der Waals surface area contributed by atoms with Gasteiger partial charge in [-0.25, -0.2) is 0 Å². The zero-order chi connectivity index (χ0) is 13.3. The number of aldehydes is 1. The van der Waals surface area contributed by atoms with E-state index in [0.717, 1.165) is 12.7 Å². The van der Waals surface area contributed by atoms with Crippen LogP contribution in [0.3, 0.4) is 0 Å². The highest BCUT2D eigenvalue weighted by Crippen LogP contribution is 2.67. The summed E-state index contributed by atoms with van der Waals surface area (Å²) < 4.78 is 0. The first-order chi connectivity index (χ1) is 8.33. The van der Waals surface area contributed by atoms with E-state index in [1.54, 1.807) is 0 Å². The predicted octanol–water partition coefficient (Wildman–Crippen LogP) is 1.54. The molecule has 0 aliphatic heterocycles. The van der Waals surface area contributed by atoms with Crippen LogP contribution in [-0.4, -0.2) is 28.7 Å². The van der Waals surface area contributed by atoms with Crippen molar-refractivity contribution in [3.8, 4) is 0 Å². The van der Waals surface area contributed by atoms with E-state index in [9.17, 15) is 15.0 Å². The summed E-state index contributed by atoms with van der Waals surface area (Å²) in [5, 5.41) is 20.8. The summed E-state index contributed by atoms with van der Waals surface area (Å²) in [4.78, 5) is 11.7. The molecule has 0 heterocycles. The second kappa shape index (κ2) is 3.45. The average Bonchev–Trinajstić information content (AvgIpc) is 2.67. The molecule has 0 bridgehead atoms. The highest BCUT2D eigenvalue weighted by molar-refractivity contribution is 5.67. The van der Waals surface area contributed by atoms with Crippen LogP contribution in [-0.2, 0) is 4.79 Å². The van der Waals surface area contributed by atoms with E-state index >= 15 is 0 Å². The molecule has 3 rings (SSSR count). The molecule has 0 aromatic carbocycles. The lowest BCUT2D eigenvalue weighted by atomic mass is 9.64. The molecule has 3 nitrogen and oxygen atoms in total. The molecule has 2 saturated carbocycles. The lowest BCUT2D eigenvalue weighted by Gasteiger charge is -2.42. The largest absolute Gasteiger partial charge is 0.393 e. The second-order valence-electron chi connectivity index (χ2n) is 7.21. The normalized spacial score (nSPS) is 52.9. The van der Waals surface area contributed by atoms with E-state index in [2.05, 4.69) is 20.8 Å². The molecule has 3 aliphatic rings. The number of carbonyl (C=O) groups is 1. The number of carbonyl (C=O) groups excluding carboxylic acids is 1. The van der Waals surface area contributed by atoms with Gasteiger partial charge >= 0.3 is 0 Å². The third-order valence-electron chi connectivity index (χ3n) is 5.66. The summed E-state index contributed by atoms with van der Waals surface area (Å²) in [6.45, 7) is 6.32. The van der Waals surface area contributed by atoms with Crippen molar-refractivity contribution in [3.63, 3.8) is 0 Å². The molecule has 0 unspecified atom stereocenters. The molecule has 2 fully saturated rings. The Morgan fingerprint density at radius 2 is 2.06 bits per heavy atom. The number of hydrogen-bond acceptors (Lipinski definition) is 3. The highest BCUT2D eigenvalue weighted by atomic mass is 16.3. The van der Waals surface area contributed by atoms with Crippen LogP contribution < -0.4 is 0 Å². The molecule has 0 aromatic heterocycles. The number of hydrogen-bond donors (Lipinski definition) is 2. The Hall–Kier alpha value is -0.670. The van der Waals surface area contributed by atoms with E-state index in [-0.39, 0.29) is 29.3 Å². The number of aliphatic hydroxyl groups excluding tert-OH is 2. The fraction of sp³-hybridized carbons (Fsp3) is 0.800. The third-order valence-corrected chi connectivity index (χ3v) is 5.66. The van der Waals surface area contributed by atoms with Crippen LogP contribution in [0.5, 0.6) is 0 Å². The first kappa shape index (κ1) is 12.4. The minimum absolute atomic E-state index is 0.0405. The summed E-state index contributed by atoms with van der Waals surface area (Å²) in [5.41, 5.74) is 0.431. The lowest BCUT2D eigenvalue weighted by Crippen LogP contribution is -2.43. The number of aliphatic hydroxyl groups is 2. The Bertz CT molecular complexity index is 425. The van der Waals surface area contributed by atoms with Crippen LogP contribution in [0.1, 0.15) is 33.6 Å². The molecule has 3 aliphatic carbocycles. The van der Waals surface area contributed by atoms with Crippen LogP contribution in [0.4, 0.5) is 0 Å². The Kier molecular flexibility index (Phi) is 2.37. The Labute approximate surface area is 108 Å². The molecule has 0 saturated heterocycles. The van der Waals surface area contributed by atoms with Crippen molar-refractivity contribution in [2.24, 2.45) is 28.6 Å². The molecular weight excluding hydrogens is 228 g/mol. The summed E-state index contributed by atoms with van der Waals surface area (Å²) in [6.07, 6.45) is 3.23. The van der Waals surface area contributed by atoms with Crippen molar-refractivity contribution in [3.05, 3.63) is 11.6 Å². The standard InChI is InChI=1S/C15H22O3/c1-8-4-10(17)13-12-9(8)5-11(18)15(12,7-16)6-14(13,2)3/h5,7-8,10-13,17-18H,4,6H2,1-3H3/t8-,10+,11+,12+,13-,15+/m1/s1. The molecular formula is C15H22O3. The lowest BCUT2D eigenvalue weighted by molar-refractivity contribution is -0.123. The minimum Gasteiger partial charge on any atom is -0.393 e. The van der Waals surface area contributed by atoms with E-state index in [1.807, 2.05) is 6.08 Å². The van der Waals surface area contributed by atoms with E-state index in [1.165, 1.54) is 5.57 Å². The van der Waals surface area contributed by atoms with Crippen molar-refractivity contribution in [2.75, 3.05) is 0 Å². The minimum atomic E-state index is -0.681. The second-order valence-corrected chi connectivity index (χ2v) is 7.21. The Balaban J connectivity index is 2.15. The SMILES string of the molecule is C[C@@H]1C[C@H](O)[C@@H]2[C@@H]3C1=C[C@H](O)[C@@]3(C=O)CC2(C)C. The maximum Gasteiger partial charge on any atom is 0.129 e. The van der Waals surface area contributed by atoms with Crippen molar-refractivity contribution >= 4 is 6.29 Å². The monoisotopic (exact) mass is 250 g/mol. The van der Waals surface area contributed by atoms with Gasteiger partial charge in [0.2, 0.25) is 0 Å². The summed E-state index contributed by atoms with van der Waals surface area (Å²) in [6, 6.07) is 0. The van der Waals surface area contributed by atoms with E-state index in [0.29, 0.717) is 6.42 Å². The smallest absolute Gasteiger partial charge is 0.129 e. The van der Waals surface area contributed by atoms with Crippen molar-refractivity contribution in [1.29, 1.82) is 0 Å². The summed E-state index contributed by atoms with van der Waals surface area (Å²) in [7, 11) is 0. The van der Waals surface area contributed by atoms with Gasteiger partial charge in [0.15, 0.2) is 0 Å². The molecule has 2 N–H and O–H groups in total. The van der Waals surface area contributed by atoms with Gasteiger partial charge in [-0.3, -0.25) is 0 Å². The van der Waals surface area contributed by atoms with Crippen molar-refractivity contribution in [2.45, 2.75) is 45.8 Å². The number of allylic oxidation sites excluding steroid dienone is 1. The molecule has 0 spiro atoms. The fourth-order valence-corrected chi connectivity index (χ4v) is 5.09. The van der Waals surface area contributed by atoms with Gasteiger partial charge in [-0.1, -0.05) is 32.4 Å². The van der Waals surface area contributed by atoms with Gasteiger partial charge in [0.25, 0.3) is 0 Å². The topological polar surface area (TPSA) is 57.5 Å². The maximum atomic E-state index is 11.7. The fourth-order valence-electron chi connectivity index (χ4n) is 5.09. The molecule has 0 aromatic rings. The first-order valence-electron chi connectivity index (χ1n) is 6.87. The maximum absolute atomic E-state index is 11.7. The van der Waals surface area contributed by atoms with Crippen LogP contribution in [0.2, 0.25) is 0 Å². The predicted molar refractivity (Wildman–Crippen MR) is 67.8 cm³/mol. The van der Waals surface area contributed by atoms with Gasteiger partial charge in [-0.2, -0.15) is 0 Å². The van der Waals surface area contributed by atoms with Gasteiger partial charge in [0.1, 0.15) is 6.29 Å². The third kappa shape index (κ3) is 1.24. The molecule has 0 radical (unpaired) electrons. The average molecular weight is 250 g/mol. The number of rotatable bonds is 1. The van der Waals surface area contributed by atoms with Crippen LogP contribution >= 0.6 is 0 Å². The van der Waals surface area contributed by atoms with Gasteiger partial charge in [0.05, 0.1) is 17.6 Å². The van der Waals surface area contributed by atoms with Gasteiger partial charge in [-0.15, -0.1) is 0 Å². The first-order valence-corrected chi connectivity index (χ1v) is 6.87. The van der Waals surface area contributed by atoms with E-state index in [4.69, 9.17) is 0 Å². The molecule has 6 atom stereocenters. The molecule has 18 heavy (non-hydrogen) atoms. The van der Waals surface area contributed by atoms with Crippen molar-refractivity contribution in [1.82, 2.24) is 0 Å². The quantitative estimate of drug-likeness (QED) is 0.548. The summed E-state index contributed by atoms with van der Waals surface area (Å²) >= 11 is 0. The van der Waals surface area contributed by atoms with Gasteiger partial charge in [0, 0.05) is 5.92 Å². The Morgan fingerprint density at radius 3 is 2.67 bits per heavy atom. The zero-order valence-corrected chi connectivity index (χ0v) is 11.3. The van der Waals surface area contributed by atoms with Crippen LogP contribution in [0, 0.1) is 28.6 Å².